The van der Waals surface area contributed by atoms with E-state index in [4.69, 9.17) is 10.9 Å². The molecule has 0 amide bonds. The van der Waals surface area contributed by atoms with E-state index in [2.05, 4.69) is 16.5 Å². The molecule has 4 nitrogen and oxygen atoms in total. The van der Waals surface area contributed by atoms with Gasteiger partial charge in [-0.25, -0.2) is 0 Å². The van der Waals surface area contributed by atoms with Crippen LogP contribution in [-0.4, -0.2) is 23.3 Å². The summed E-state index contributed by atoms with van der Waals surface area (Å²) in [6, 6.07) is 8.20. The Morgan fingerprint density at radius 2 is 2.25 bits per heavy atom. The van der Waals surface area contributed by atoms with Crippen molar-refractivity contribution < 1.29 is 5.21 Å². The SMILES string of the molecule is CSc1ccccc1NC(C)C/C(N)=N/O. The minimum Gasteiger partial charge on any atom is -0.409 e. The van der Waals surface area contributed by atoms with Crippen LogP contribution >= 0.6 is 11.8 Å². The quantitative estimate of drug-likeness (QED) is 0.242. The predicted molar refractivity (Wildman–Crippen MR) is 69.3 cm³/mol. The lowest BCUT2D eigenvalue weighted by Crippen LogP contribution is -2.24. The topological polar surface area (TPSA) is 70.6 Å². The molecule has 4 N–H and O–H groups in total. The molecule has 1 aromatic carbocycles. The fourth-order valence-corrected chi connectivity index (χ4v) is 2.00. The van der Waals surface area contributed by atoms with Crippen LogP contribution in [0.4, 0.5) is 5.69 Å². The van der Waals surface area contributed by atoms with Crippen molar-refractivity contribution in [3.8, 4) is 0 Å². The molecular formula is C11H17N3OS. The summed E-state index contributed by atoms with van der Waals surface area (Å²) in [5.41, 5.74) is 6.53. The van der Waals surface area contributed by atoms with Crippen molar-refractivity contribution >= 4 is 23.3 Å². The van der Waals surface area contributed by atoms with Gasteiger partial charge in [-0.05, 0) is 25.3 Å². The third kappa shape index (κ3) is 3.66. The highest BCUT2D eigenvalue weighted by molar-refractivity contribution is 7.98. The number of benzene rings is 1. The fraction of sp³-hybridized carbons (Fsp3) is 0.364. The highest BCUT2D eigenvalue weighted by Gasteiger charge is 2.07. The number of nitrogens with zero attached hydrogens (tertiary/aromatic N) is 1. The molecule has 1 unspecified atom stereocenters. The summed E-state index contributed by atoms with van der Waals surface area (Å²) in [6.07, 6.45) is 2.55. The first kappa shape index (κ1) is 12.7. The van der Waals surface area contributed by atoms with E-state index in [-0.39, 0.29) is 11.9 Å². The Morgan fingerprint density at radius 3 is 2.88 bits per heavy atom. The average Bonchev–Trinajstić information content (AvgIpc) is 2.29. The van der Waals surface area contributed by atoms with Crippen LogP contribution in [0.25, 0.3) is 0 Å². The lowest BCUT2D eigenvalue weighted by atomic mass is 10.2. The van der Waals surface area contributed by atoms with Gasteiger partial charge in [-0.1, -0.05) is 17.3 Å². The molecule has 0 radical (unpaired) electrons. The maximum Gasteiger partial charge on any atom is 0.141 e. The molecule has 0 aliphatic rings. The summed E-state index contributed by atoms with van der Waals surface area (Å²) in [7, 11) is 0. The number of nitrogens with two attached hydrogens (primary N) is 1. The van der Waals surface area contributed by atoms with Crippen LogP contribution in [0, 0.1) is 0 Å². The normalized spacial score (nSPS) is 13.5. The number of thioether (sulfide) groups is 1. The first-order valence-electron chi connectivity index (χ1n) is 5.03. The van der Waals surface area contributed by atoms with E-state index in [9.17, 15) is 0 Å². The van der Waals surface area contributed by atoms with Gasteiger partial charge in [0.1, 0.15) is 5.84 Å². The van der Waals surface area contributed by atoms with E-state index in [1.165, 1.54) is 4.90 Å². The maximum atomic E-state index is 8.48. The summed E-state index contributed by atoms with van der Waals surface area (Å²) in [4.78, 5) is 1.19. The largest absolute Gasteiger partial charge is 0.409 e. The van der Waals surface area contributed by atoms with Crippen molar-refractivity contribution in [1.82, 2.24) is 0 Å². The van der Waals surface area contributed by atoms with Gasteiger partial charge in [0.05, 0.1) is 0 Å². The number of hydrogen-bond donors (Lipinski definition) is 3. The monoisotopic (exact) mass is 239 g/mol. The third-order valence-corrected chi connectivity index (χ3v) is 2.95. The van der Waals surface area contributed by atoms with Gasteiger partial charge in [-0.15, -0.1) is 11.8 Å². The summed E-state index contributed by atoms with van der Waals surface area (Å²) in [6.45, 7) is 2.00. The van der Waals surface area contributed by atoms with Crippen LogP contribution in [0.5, 0.6) is 0 Å². The summed E-state index contributed by atoms with van der Waals surface area (Å²) < 4.78 is 0. The van der Waals surface area contributed by atoms with Crippen LogP contribution in [0.1, 0.15) is 13.3 Å². The van der Waals surface area contributed by atoms with Crippen molar-refractivity contribution in [2.24, 2.45) is 10.9 Å². The third-order valence-electron chi connectivity index (χ3n) is 2.15. The van der Waals surface area contributed by atoms with Gasteiger partial charge in [0.2, 0.25) is 0 Å². The molecule has 16 heavy (non-hydrogen) atoms. The Morgan fingerprint density at radius 1 is 1.56 bits per heavy atom. The number of anilines is 1. The van der Waals surface area contributed by atoms with Gasteiger partial charge >= 0.3 is 0 Å². The molecule has 88 valence electrons. The highest BCUT2D eigenvalue weighted by atomic mass is 32.2. The van der Waals surface area contributed by atoms with E-state index >= 15 is 0 Å². The van der Waals surface area contributed by atoms with Crippen molar-refractivity contribution in [3.05, 3.63) is 24.3 Å². The van der Waals surface area contributed by atoms with Crippen molar-refractivity contribution in [1.29, 1.82) is 0 Å². The number of para-hydroxylation sites is 1. The molecule has 0 aromatic heterocycles. The lowest BCUT2D eigenvalue weighted by Gasteiger charge is -2.16. The minimum absolute atomic E-state index is 0.129. The molecular weight excluding hydrogens is 222 g/mol. The van der Waals surface area contributed by atoms with E-state index in [0.717, 1.165) is 5.69 Å². The average molecular weight is 239 g/mol. The second kappa shape index (κ2) is 6.27. The number of rotatable bonds is 5. The maximum absolute atomic E-state index is 8.48. The molecule has 0 saturated carbocycles. The molecule has 5 heteroatoms. The van der Waals surface area contributed by atoms with E-state index in [1.807, 2.05) is 31.4 Å². The molecule has 0 saturated heterocycles. The summed E-state index contributed by atoms with van der Waals surface area (Å²) >= 11 is 1.69. The van der Waals surface area contributed by atoms with Crippen molar-refractivity contribution in [2.75, 3.05) is 11.6 Å². The summed E-state index contributed by atoms with van der Waals surface area (Å²) in [5.74, 6) is 0.238. The molecule has 0 heterocycles. The van der Waals surface area contributed by atoms with E-state index in [0.29, 0.717) is 6.42 Å². The van der Waals surface area contributed by atoms with E-state index in [1.54, 1.807) is 11.8 Å². The smallest absolute Gasteiger partial charge is 0.141 e. The van der Waals surface area contributed by atoms with Crippen LogP contribution in [0.2, 0.25) is 0 Å². The fourth-order valence-electron chi connectivity index (χ4n) is 1.43. The first-order chi connectivity index (χ1) is 7.67. The number of oxime groups is 1. The van der Waals surface area contributed by atoms with Gasteiger partial charge in [-0.3, -0.25) is 0 Å². The molecule has 0 aliphatic heterocycles. The van der Waals surface area contributed by atoms with Gasteiger partial charge in [0, 0.05) is 23.0 Å². The van der Waals surface area contributed by atoms with Crippen molar-refractivity contribution in [3.63, 3.8) is 0 Å². The molecule has 1 aromatic rings. The van der Waals surface area contributed by atoms with Crippen LogP contribution in [-0.2, 0) is 0 Å². The Bertz CT molecular complexity index is 368. The van der Waals surface area contributed by atoms with Crippen LogP contribution in [0.3, 0.4) is 0 Å². The lowest BCUT2D eigenvalue weighted by molar-refractivity contribution is 0.316. The van der Waals surface area contributed by atoms with Gasteiger partial charge in [0.25, 0.3) is 0 Å². The molecule has 0 aliphatic carbocycles. The number of nitrogens with one attached hydrogen (secondary N) is 1. The zero-order valence-corrected chi connectivity index (χ0v) is 10.3. The zero-order valence-electron chi connectivity index (χ0n) is 9.47. The van der Waals surface area contributed by atoms with Crippen LogP contribution < -0.4 is 11.1 Å². The Kier molecular flexibility index (Phi) is 4.98. The predicted octanol–water partition coefficient (Wildman–Crippen LogP) is 2.35. The Hall–Kier alpha value is -1.36. The van der Waals surface area contributed by atoms with Gasteiger partial charge in [-0.2, -0.15) is 0 Å². The second-order valence-corrected chi connectivity index (χ2v) is 4.39. The molecule has 0 spiro atoms. The highest BCUT2D eigenvalue weighted by Crippen LogP contribution is 2.25. The minimum atomic E-state index is 0.129. The van der Waals surface area contributed by atoms with Gasteiger partial charge < -0.3 is 16.3 Å². The Labute approximate surface area is 99.9 Å². The molecule has 0 fully saturated rings. The van der Waals surface area contributed by atoms with Crippen LogP contribution in [0.15, 0.2) is 34.3 Å². The first-order valence-corrected chi connectivity index (χ1v) is 6.25. The second-order valence-electron chi connectivity index (χ2n) is 3.54. The van der Waals surface area contributed by atoms with Crippen molar-refractivity contribution in [2.45, 2.75) is 24.3 Å². The standard InChI is InChI=1S/C11H17N3OS/c1-8(7-11(12)14-15)13-9-5-3-4-6-10(9)16-2/h3-6,8,13,15H,7H2,1-2H3,(H2,12,14). The molecule has 1 atom stereocenters. The Balaban J connectivity index is 2.65. The molecule has 1 rings (SSSR count). The summed E-state index contributed by atoms with van der Waals surface area (Å²) in [5, 5.41) is 14.8. The van der Waals surface area contributed by atoms with Gasteiger partial charge in [0.15, 0.2) is 0 Å². The zero-order chi connectivity index (χ0) is 12.0. The number of hydrogen-bond acceptors (Lipinski definition) is 4. The molecule has 0 bridgehead atoms. The number of amidine groups is 1. The van der Waals surface area contributed by atoms with E-state index < -0.39 is 0 Å².